The van der Waals surface area contributed by atoms with Gasteiger partial charge < -0.3 is 20.3 Å². The number of hydrogen-bond donors (Lipinski definition) is 3. The van der Waals surface area contributed by atoms with Crippen molar-refractivity contribution in [2.45, 2.75) is 71.2 Å². The molecule has 2 N–H and O–H groups in total. The highest BCUT2D eigenvalue weighted by Gasteiger charge is 2.44. The third-order valence-electron chi connectivity index (χ3n) is 6.85. The predicted molar refractivity (Wildman–Crippen MR) is 158 cm³/mol. The van der Waals surface area contributed by atoms with Gasteiger partial charge in [0, 0.05) is 17.5 Å². The Kier molecular flexibility index (Phi) is 8.54. The number of aryl methyl sites for hydroxylation is 1. The van der Waals surface area contributed by atoms with Gasteiger partial charge >= 0.3 is 6.09 Å². The fourth-order valence-electron chi connectivity index (χ4n) is 4.65. The molecular formula is C31H37N3O4S. The number of alkyl carbamates (subject to hydrolysis) is 1. The van der Waals surface area contributed by atoms with Gasteiger partial charge in [0.25, 0.3) is 5.91 Å². The van der Waals surface area contributed by atoms with Crippen LogP contribution in [-0.4, -0.2) is 46.2 Å². The van der Waals surface area contributed by atoms with Crippen molar-refractivity contribution in [3.8, 4) is 0 Å². The standard InChI is InChI=1S/C31H37N3O4S/c1-19-9-8-12-25(20(19)2)27(28(35)32-23-14-13-21-10-6-7-11-22(21)17-23)34(24-15-16-24)29(36)26(18-39)33-30(37)38-31(3,4)5/h6-14,17,24,26-27,39H,15-16,18H2,1-5H3,(H,32,35)(H,33,37). The largest absolute Gasteiger partial charge is 0.444 e. The molecule has 0 spiro atoms. The van der Waals surface area contributed by atoms with Crippen LogP contribution in [0.2, 0.25) is 0 Å². The number of carbonyl (C=O) groups is 3. The minimum absolute atomic E-state index is 0.0626. The smallest absolute Gasteiger partial charge is 0.408 e. The van der Waals surface area contributed by atoms with Crippen LogP contribution in [0.5, 0.6) is 0 Å². The molecule has 7 nitrogen and oxygen atoms in total. The maximum atomic E-state index is 14.1. The number of ether oxygens (including phenoxy) is 1. The number of fused-ring (bicyclic) bond motifs is 1. The zero-order valence-electron chi connectivity index (χ0n) is 23.2. The molecule has 1 fully saturated rings. The number of nitrogens with one attached hydrogen (secondary N) is 2. The fourth-order valence-corrected chi connectivity index (χ4v) is 4.90. The Labute approximate surface area is 235 Å². The summed E-state index contributed by atoms with van der Waals surface area (Å²) in [5.74, 6) is -0.611. The number of nitrogens with zero attached hydrogens (tertiary/aromatic N) is 1. The van der Waals surface area contributed by atoms with E-state index in [0.29, 0.717) is 5.69 Å². The highest BCUT2D eigenvalue weighted by molar-refractivity contribution is 7.80. The van der Waals surface area contributed by atoms with E-state index in [-0.39, 0.29) is 23.6 Å². The molecule has 0 aromatic heterocycles. The summed E-state index contributed by atoms with van der Waals surface area (Å²) in [5, 5.41) is 7.80. The van der Waals surface area contributed by atoms with Crippen LogP contribution in [0.1, 0.15) is 56.3 Å². The van der Waals surface area contributed by atoms with Gasteiger partial charge in [0.2, 0.25) is 5.91 Å². The maximum Gasteiger partial charge on any atom is 0.408 e. The molecule has 2 atom stereocenters. The second kappa shape index (κ2) is 11.7. The first kappa shape index (κ1) is 28.5. The summed E-state index contributed by atoms with van der Waals surface area (Å²) in [6.07, 6.45) is 0.860. The van der Waals surface area contributed by atoms with E-state index in [4.69, 9.17) is 4.74 Å². The first-order valence-corrected chi connectivity index (χ1v) is 13.9. The number of hydrogen-bond acceptors (Lipinski definition) is 5. The van der Waals surface area contributed by atoms with Crippen LogP contribution in [0.3, 0.4) is 0 Å². The van der Waals surface area contributed by atoms with Crippen LogP contribution in [0, 0.1) is 13.8 Å². The van der Waals surface area contributed by atoms with Gasteiger partial charge in [-0.05, 0) is 87.1 Å². The molecule has 39 heavy (non-hydrogen) atoms. The Balaban J connectivity index is 1.70. The van der Waals surface area contributed by atoms with Crippen molar-refractivity contribution >= 4 is 47.0 Å². The van der Waals surface area contributed by atoms with Crippen LogP contribution >= 0.6 is 12.6 Å². The summed E-state index contributed by atoms with van der Waals surface area (Å²) in [4.78, 5) is 42.3. The summed E-state index contributed by atoms with van der Waals surface area (Å²) in [6, 6.07) is 17.5. The Morgan fingerprint density at radius 1 is 1.00 bits per heavy atom. The number of benzene rings is 3. The molecule has 3 amide bonds. The molecule has 3 aromatic rings. The second-order valence-electron chi connectivity index (χ2n) is 11.1. The van der Waals surface area contributed by atoms with Gasteiger partial charge in [0.1, 0.15) is 17.7 Å². The number of anilines is 1. The van der Waals surface area contributed by atoms with E-state index in [1.54, 1.807) is 25.7 Å². The van der Waals surface area contributed by atoms with Gasteiger partial charge in [-0.3, -0.25) is 9.59 Å². The van der Waals surface area contributed by atoms with Crippen LogP contribution in [0.15, 0.2) is 60.7 Å². The average Bonchev–Trinajstić information content (AvgIpc) is 3.71. The Morgan fingerprint density at radius 3 is 2.33 bits per heavy atom. The molecule has 0 heterocycles. The lowest BCUT2D eigenvalue weighted by atomic mass is 9.95. The topological polar surface area (TPSA) is 87.7 Å². The van der Waals surface area contributed by atoms with Crippen LogP contribution < -0.4 is 10.6 Å². The highest BCUT2D eigenvalue weighted by Crippen LogP contribution is 2.37. The van der Waals surface area contributed by atoms with Gasteiger partial charge in [-0.2, -0.15) is 12.6 Å². The monoisotopic (exact) mass is 547 g/mol. The van der Waals surface area contributed by atoms with E-state index in [9.17, 15) is 14.4 Å². The Bertz CT molecular complexity index is 1380. The average molecular weight is 548 g/mol. The molecule has 0 saturated heterocycles. The van der Waals surface area contributed by atoms with E-state index in [1.807, 2.05) is 74.5 Å². The summed E-state index contributed by atoms with van der Waals surface area (Å²) >= 11 is 4.36. The van der Waals surface area contributed by atoms with Gasteiger partial charge in [-0.1, -0.05) is 48.5 Å². The minimum atomic E-state index is -0.954. The molecule has 8 heteroatoms. The van der Waals surface area contributed by atoms with E-state index >= 15 is 0 Å². The summed E-state index contributed by atoms with van der Waals surface area (Å²) in [6.45, 7) is 9.23. The van der Waals surface area contributed by atoms with Crippen molar-refractivity contribution in [1.29, 1.82) is 0 Å². The van der Waals surface area contributed by atoms with Crippen molar-refractivity contribution in [3.05, 3.63) is 77.4 Å². The van der Waals surface area contributed by atoms with E-state index in [2.05, 4.69) is 23.3 Å². The molecule has 1 saturated carbocycles. The van der Waals surface area contributed by atoms with Crippen molar-refractivity contribution in [2.24, 2.45) is 0 Å². The first-order chi connectivity index (χ1) is 18.5. The highest BCUT2D eigenvalue weighted by atomic mass is 32.1. The third-order valence-corrected chi connectivity index (χ3v) is 7.22. The number of carbonyl (C=O) groups excluding carboxylic acids is 3. The lowest BCUT2D eigenvalue weighted by Gasteiger charge is -2.35. The third kappa shape index (κ3) is 6.92. The van der Waals surface area contributed by atoms with E-state index in [1.165, 1.54) is 0 Å². The molecule has 206 valence electrons. The van der Waals surface area contributed by atoms with Crippen LogP contribution in [0.4, 0.5) is 10.5 Å². The number of rotatable bonds is 8. The molecule has 0 radical (unpaired) electrons. The molecule has 1 aliphatic rings. The maximum absolute atomic E-state index is 14.1. The molecule has 4 rings (SSSR count). The molecule has 3 aromatic carbocycles. The molecule has 0 aliphatic heterocycles. The lowest BCUT2D eigenvalue weighted by Crippen LogP contribution is -2.54. The molecule has 2 unspecified atom stereocenters. The van der Waals surface area contributed by atoms with Gasteiger partial charge in [-0.15, -0.1) is 0 Å². The van der Waals surface area contributed by atoms with E-state index in [0.717, 1.165) is 40.3 Å². The van der Waals surface area contributed by atoms with Gasteiger partial charge in [-0.25, -0.2) is 4.79 Å². The zero-order valence-corrected chi connectivity index (χ0v) is 24.0. The van der Waals surface area contributed by atoms with E-state index < -0.39 is 23.8 Å². The summed E-state index contributed by atoms with van der Waals surface area (Å²) in [7, 11) is 0. The van der Waals surface area contributed by atoms with Crippen LogP contribution in [-0.2, 0) is 14.3 Å². The lowest BCUT2D eigenvalue weighted by molar-refractivity contribution is -0.141. The van der Waals surface area contributed by atoms with Gasteiger partial charge in [0.05, 0.1) is 0 Å². The summed E-state index contributed by atoms with van der Waals surface area (Å²) < 4.78 is 5.38. The normalized spacial score (nSPS) is 14.8. The minimum Gasteiger partial charge on any atom is -0.444 e. The quantitative estimate of drug-likeness (QED) is 0.304. The van der Waals surface area contributed by atoms with Crippen molar-refractivity contribution in [1.82, 2.24) is 10.2 Å². The molecule has 0 bridgehead atoms. The number of thiol groups is 1. The van der Waals surface area contributed by atoms with Crippen molar-refractivity contribution in [2.75, 3.05) is 11.1 Å². The Hall–Kier alpha value is -3.52. The van der Waals surface area contributed by atoms with Crippen LogP contribution in [0.25, 0.3) is 10.8 Å². The SMILES string of the molecule is Cc1cccc(C(C(=O)Nc2ccc3ccccc3c2)N(C(=O)C(CS)NC(=O)OC(C)(C)C)C2CC2)c1C. The zero-order chi connectivity index (χ0) is 28.3. The van der Waals surface area contributed by atoms with Crippen molar-refractivity contribution < 1.29 is 19.1 Å². The van der Waals surface area contributed by atoms with Gasteiger partial charge in [0.15, 0.2) is 0 Å². The molecule has 1 aliphatic carbocycles. The molecular weight excluding hydrogens is 510 g/mol. The second-order valence-corrected chi connectivity index (χ2v) is 11.5. The van der Waals surface area contributed by atoms with Crippen molar-refractivity contribution in [3.63, 3.8) is 0 Å². The first-order valence-electron chi connectivity index (χ1n) is 13.3. The number of amides is 3. The summed E-state index contributed by atoms with van der Waals surface area (Å²) in [5.41, 5.74) is 2.65. The predicted octanol–water partition coefficient (Wildman–Crippen LogP) is 5.95. The Morgan fingerprint density at radius 2 is 1.69 bits per heavy atom. The fraction of sp³-hybridized carbons (Fsp3) is 0.387.